The van der Waals surface area contributed by atoms with Gasteiger partial charge in [-0.1, -0.05) is 36.2 Å². The predicted octanol–water partition coefficient (Wildman–Crippen LogP) is 2.43. The second-order valence-electron chi connectivity index (χ2n) is 6.90. The number of rotatable bonds is 4. The molecule has 23 heavy (non-hydrogen) atoms. The van der Waals surface area contributed by atoms with E-state index in [-0.39, 0.29) is 11.9 Å². The number of nitrogens with zero attached hydrogens (tertiary/aromatic N) is 1. The van der Waals surface area contributed by atoms with Gasteiger partial charge in [0, 0.05) is 19.6 Å². The van der Waals surface area contributed by atoms with Crippen molar-refractivity contribution in [2.45, 2.75) is 32.6 Å². The molecule has 124 valence electrons. The molecule has 0 bridgehead atoms. The molecule has 1 heterocycles. The van der Waals surface area contributed by atoms with Crippen molar-refractivity contribution in [3.63, 3.8) is 0 Å². The number of benzene rings is 1. The lowest BCUT2D eigenvalue weighted by Crippen LogP contribution is -2.42. The zero-order valence-electron chi connectivity index (χ0n) is 13.5. The summed E-state index contributed by atoms with van der Waals surface area (Å²) in [5, 5.41) is 12.5. The van der Waals surface area contributed by atoms with Crippen LogP contribution in [0.25, 0.3) is 0 Å². The molecule has 0 radical (unpaired) electrons. The maximum absolute atomic E-state index is 12.3. The van der Waals surface area contributed by atoms with Crippen molar-refractivity contribution in [1.82, 2.24) is 10.2 Å². The highest BCUT2D eigenvalue weighted by atomic mass is 16.4. The number of carbonyl (C=O) groups is 2. The van der Waals surface area contributed by atoms with Crippen molar-refractivity contribution in [1.29, 1.82) is 0 Å². The maximum atomic E-state index is 12.3. The van der Waals surface area contributed by atoms with Crippen molar-refractivity contribution >= 4 is 12.0 Å². The van der Waals surface area contributed by atoms with E-state index in [0.717, 1.165) is 19.3 Å². The first-order chi connectivity index (χ1) is 11.0. The largest absolute Gasteiger partial charge is 0.481 e. The third-order valence-corrected chi connectivity index (χ3v) is 5.39. The Balaban J connectivity index is 1.51. The van der Waals surface area contributed by atoms with Gasteiger partial charge in [0.2, 0.25) is 0 Å². The second kappa shape index (κ2) is 6.22. The van der Waals surface area contributed by atoms with Crippen LogP contribution >= 0.6 is 0 Å². The number of carboxylic acid groups (broad SMARTS) is 1. The van der Waals surface area contributed by atoms with Gasteiger partial charge in [0.05, 0.1) is 5.41 Å². The molecular weight excluding hydrogens is 292 g/mol. The highest BCUT2D eigenvalue weighted by Crippen LogP contribution is 2.48. The minimum atomic E-state index is -0.741. The lowest BCUT2D eigenvalue weighted by molar-refractivity contribution is -0.149. The van der Waals surface area contributed by atoms with Crippen molar-refractivity contribution in [2.75, 3.05) is 19.6 Å². The summed E-state index contributed by atoms with van der Waals surface area (Å²) >= 11 is 0. The minimum absolute atomic E-state index is 0.114. The molecule has 2 aliphatic rings. The molecule has 2 fully saturated rings. The molecule has 1 aromatic carbocycles. The number of carboxylic acids is 1. The van der Waals surface area contributed by atoms with Crippen LogP contribution in [0.4, 0.5) is 4.79 Å². The molecule has 1 saturated carbocycles. The molecule has 5 heteroatoms. The lowest BCUT2D eigenvalue weighted by Gasteiger charge is -2.23. The van der Waals surface area contributed by atoms with Crippen molar-refractivity contribution in [3.8, 4) is 0 Å². The summed E-state index contributed by atoms with van der Waals surface area (Å²) in [6.45, 7) is 3.54. The third kappa shape index (κ3) is 3.05. The normalized spacial score (nSPS) is 26.1. The van der Waals surface area contributed by atoms with E-state index < -0.39 is 11.4 Å². The summed E-state index contributed by atoms with van der Waals surface area (Å²) in [4.78, 5) is 25.6. The van der Waals surface area contributed by atoms with E-state index in [1.807, 2.05) is 6.92 Å². The monoisotopic (exact) mass is 316 g/mol. The number of fused-ring (bicyclic) bond motifs is 1. The zero-order valence-corrected chi connectivity index (χ0v) is 13.5. The SMILES string of the molecule is Cc1ccc(CCNC(=O)N2C[C@@H]3CCC[C@@]3(C(=O)O)C2)cc1. The maximum Gasteiger partial charge on any atom is 0.317 e. The molecule has 1 aliphatic carbocycles. The van der Waals surface area contributed by atoms with Crippen LogP contribution in [0.5, 0.6) is 0 Å². The zero-order chi connectivity index (χ0) is 16.4. The van der Waals surface area contributed by atoms with Crippen molar-refractivity contribution in [3.05, 3.63) is 35.4 Å². The van der Waals surface area contributed by atoms with Gasteiger partial charge in [0.25, 0.3) is 0 Å². The van der Waals surface area contributed by atoms with Gasteiger partial charge in [-0.15, -0.1) is 0 Å². The fourth-order valence-electron chi connectivity index (χ4n) is 3.97. The van der Waals surface area contributed by atoms with E-state index in [1.165, 1.54) is 11.1 Å². The molecule has 0 spiro atoms. The number of likely N-dealkylation sites (tertiary alicyclic amines) is 1. The van der Waals surface area contributed by atoms with Gasteiger partial charge in [0.15, 0.2) is 0 Å². The lowest BCUT2D eigenvalue weighted by atomic mass is 9.81. The minimum Gasteiger partial charge on any atom is -0.481 e. The Hall–Kier alpha value is -2.04. The summed E-state index contributed by atoms with van der Waals surface area (Å²) in [5.41, 5.74) is 1.71. The van der Waals surface area contributed by atoms with Gasteiger partial charge in [-0.2, -0.15) is 0 Å². The Bertz CT molecular complexity index is 599. The Morgan fingerprint density at radius 3 is 2.74 bits per heavy atom. The quantitative estimate of drug-likeness (QED) is 0.896. The average molecular weight is 316 g/mol. The van der Waals surface area contributed by atoms with Gasteiger partial charge in [-0.3, -0.25) is 4.79 Å². The summed E-state index contributed by atoms with van der Waals surface area (Å²) < 4.78 is 0. The topological polar surface area (TPSA) is 69.6 Å². The average Bonchev–Trinajstić information content (AvgIpc) is 3.07. The van der Waals surface area contributed by atoms with Crippen LogP contribution < -0.4 is 5.32 Å². The Morgan fingerprint density at radius 1 is 1.35 bits per heavy atom. The standard InChI is InChI=1S/C18H24N2O3/c1-13-4-6-14(7-5-13)8-10-19-17(23)20-11-15-3-2-9-18(15,12-20)16(21)22/h4-7,15H,2-3,8-12H2,1H3,(H,19,23)(H,21,22)/t15-,18+/m0/s1. The van der Waals surface area contributed by atoms with Gasteiger partial charge in [0.1, 0.15) is 0 Å². The molecule has 1 aliphatic heterocycles. The van der Waals surface area contributed by atoms with Crippen LogP contribution in [0.3, 0.4) is 0 Å². The van der Waals surface area contributed by atoms with Gasteiger partial charge in [-0.25, -0.2) is 4.79 Å². The highest BCUT2D eigenvalue weighted by molar-refractivity contribution is 5.80. The fourth-order valence-corrected chi connectivity index (χ4v) is 3.97. The number of aryl methyl sites for hydroxylation is 1. The van der Waals surface area contributed by atoms with E-state index >= 15 is 0 Å². The van der Waals surface area contributed by atoms with Crippen LogP contribution in [0.15, 0.2) is 24.3 Å². The number of hydrogen-bond acceptors (Lipinski definition) is 2. The van der Waals surface area contributed by atoms with E-state index in [2.05, 4.69) is 29.6 Å². The fraction of sp³-hybridized carbons (Fsp3) is 0.556. The first-order valence-electron chi connectivity index (χ1n) is 8.33. The molecule has 2 N–H and O–H groups in total. The molecular formula is C18H24N2O3. The first kappa shape index (κ1) is 15.8. The molecule has 3 rings (SSSR count). The molecule has 0 unspecified atom stereocenters. The van der Waals surface area contributed by atoms with E-state index in [9.17, 15) is 14.7 Å². The summed E-state index contributed by atoms with van der Waals surface area (Å²) in [6, 6.07) is 8.14. The number of aliphatic carboxylic acids is 1. The second-order valence-corrected chi connectivity index (χ2v) is 6.90. The molecule has 1 saturated heterocycles. The smallest absolute Gasteiger partial charge is 0.317 e. The van der Waals surface area contributed by atoms with Crippen LogP contribution in [-0.2, 0) is 11.2 Å². The third-order valence-electron chi connectivity index (χ3n) is 5.39. The Kier molecular flexibility index (Phi) is 4.28. The number of urea groups is 1. The van der Waals surface area contributed by atoms with Crippen LogP contribution in [0.1, 0.15) is 30.4 Å². The van der Waals surface area contributed by atoms with Crippen molar-refractivity contribution in [2.24, 2.45) is 11.3 Å². The van der Waals surface area contributed by atoms with Crippen LogP contribution in [0, 0.1) is 18.3 Å². The Labute approximate surface area is 136 Å². The summed E-state index contributed by atoms with van der Waals surface area (Å²) in [7, 11) is 0. The molecule has 2 amide bonds. The van der Waals surface area contributed by atoms with Gasteiger partial charge >= 0.3 is 12.0 Å². The molecule has 2 atom stereocenters. The predicted molar refractivity (Wildman–Crippen MR) is 87.3 cm³/mol. The van der Waals surface area contributed by atoms with Crippen molar-refractivity contribution < 1.29 is 14.7 Å². The van der Waals surface area contributed by atoms with E-state index in [0.29, 0.717) is 26.1 Å². The number of carbonyl (C=O) groups excluding carboxylic acids is 1. The Morgan fingerprint density at radius 2 is 2.09 bits per heavy atom. The van der Waals surface area contributed by atoms with Crippen LogP contribution in [-0.4, -0.2) is 41.6 Å². The number of amides is 2. The highest BCUT2D eigenvalue weighted by Gasteiger charge is 2.55. The summed E-state index contributed by atoms with van der Waals surface area (Å²) in [5.74, 6) is -0.627. The van der Waals surface area contributed by atoms with Gasteiger partial charge < -0.3 is 15.3 Å². The molecule has 5 nitrogen and oxygen atoms in total. The van der Waals surface area contributed by atoms with E-state index in [4.69, 9.17) is 0 Å². The number of hydrogen-bond donors (Lipinski definition) is 2. The first-order valence-corrected chi connectivity index (χ1v) is 8.33. The summed E-state index contributed by atoms with van der Waals surface area (Å²) in [6.07, 6.45) is 3.35. The molecule has 0 aromatic heterocycles. The van der Waals surface area contributed by atoms with Crippen LogP contribution in [0.2, 0.25) is 0 Å². The van der Waals surface area contributed by atoms with E-state index in [1.54, 1.807) is 4.90 Å². The van der Waals surface area contributed by atoms with Gasteiger partial charge in [-0.05, 0) is 37.7 Å². The number of nitrogens with one attached hydrogen (secondary N) is 1. The molecule has 1 aromatic rings.